The number of nitrogens with zero attached hydrogens (tertiary/aromatic N) is 1. The molecule has 1 aromatic rings. The lowest BCUT2D eigenvalue weighted by atomic mass is 10.3. The highest BCUT2D eigenvalue weighted by molar-refractivity contribution is 9.10. The fraction of sp³-hybridized carbons (Fsp3) is 0.455. The summed E-state index contributed by atoms with van der Waals surface area (Å²) in [6.45, 7) is 0. The lowest BCUT2D eigenvalue weighted by Crippen LogP contribution is -2.37. The molecule has 0 amide bonds. The first kappa shape index (κ1) is 15.1. The molecule has 1 unspecified atom stereocenters. The van der Waals surface area contributed by atoms with Gasteiger partial charge in [-0.25, -0.2) is 12.8 Å². The third-order valence-electron chi connectivity index (χ3n) is 3.13. The summed E-state index contributed by atoms with van der Waals surface area (Å²) in [5.41, 5.74) is 5.29. The van der Waals surface area contributed by atoms with Gasteiger partial charge < -0.3 is 5.73 Å². The number of sulfonamides is 1. The van der Waals surface area contributed by atoms with E-state index in [-0.39, 0.29) is 21.1 Å². The highest BCUT2D eigenvalue weighted by Gasteiger charge is 2.32. The van der Waals surface area contributed by atoms with Crippen LogP contribution in [0.1, 0.15) is 6.42 Å². The molecule has 0 saturated carbocycles. The minimum absolute atomic E-state index is 0.00537. The summed E-state index contributed by atoms with van der Waals surface area (Å²) < 4.78 is 39.9. The number of rotatable bonds is 3. The number of anilines is 1. The number of halogens is 2. The first-order valence-electron chi connectivity index (χ1n) is 5.64. The van der Waals surface area contributed by atoms with E-state index < -0.39 is 15.8 Å². The minimum atomic E-state index is -3.67. The van der Waals surface area contributed by atoms with Crippen molar-refractivity contribution in [3.8, 4) is 0 Å². The summed E-state index contributed by atoms with van der Waals surface area (Å²) in [5, 5.41) is 0. The molecule has 106 valence electrons. The van der Waals surface area contributed by atoms with Crippen molar-refractivity contribution in [2.45, 2.75) is 17.4 Å². The van der Waals surface area contributed by atoms with E-state index in [1.165, 1.54) is 4.31 Å². The van der Waals surface area contributed by atoms with E-state index in [4.69, 9.17) is 5.73 Å². The normalized spacial score (nSPS) is 20.1. The minimum Gasteiger partial charge on any atom is -0.396 e. The molecule has 1 aliphatic heterocycles. The van der Waals surface area contributed by atoms with Crippen molar-refractivity contribution in [1.82, 2.24) is 4.31 Å². The molecular formula is C11H14BrFN2O2S2. The van der Waals surface area contributed by atoms with Gasteiger partial charge >= 0.3 is 0 Å². The van der Waals surface area contributed by atoms with Gasteiger partial charge in [-0.05, 0) is 40.2 Å². The Morgan fingerprint density at radius 2 is 2.21 bits per heavy atom. The first-order valence-corrected chi connectivity index (χ1v) is 9.03. The molecule has 1 fully saturated rings. The van der Waals surface area contributed by atoms with E-state index in [1.807, 2.05) is 0 Å². The molecular weight excluding hydrogens is 355 g/mol. The lowest BCUT2D eigenvalue weighted by molar-refractivity contribution is 0.394. The van der Waals surface area contributed by atoms with E-state index in [0.717, 1.165) is 30.1 Å². The van der Waals surface area contributed by atoms with Crippen LogP contribution in [0.25, 0.3) is 0 Å². The van der Waals surface area contributed by atoms with E-state index >= 15 is 0 Å². The van der Waals surface area contributed by atoms with E-state index in [9.17, 15) is 12.8 Å². The summed E-state index contributed by atoms with van der Waals surface area (Å²) in [5.74, 6) is 1.10. The fourth-order valence-electron chi connectivity index (χ4n) is 1.90. The van der Waals surface area contributed by atoms with Crippen molar-refractivity contribution >= 4 is 43.4 Å². The van der Waals surface area contributed by atoms with Crippen LogP contribution in [0.5, 0.6) is 0 Å². The third-order valence-corrected chi connectivity index (χ3v) is 7.14. The molecule has 0 aliphatic carbocycles. The standard InChI is InChI=1S/C11H14BrFN2O2S2/c1-15(7-2-3-18-6-7)19(16,17)11-5-10(14)9(13)4-8(11)12/h4-5,7H,2-3,6,14H2,1H3. The quantitative estimate of drug-likeness (QED) is 0.831. The van der Waals surface area contributed by atoms with E-state index in [0.29, 0.717) is 0 Å². The van der Waals surface area contributed by atoms with Gasteiger partial charge in [-0.3, -0.25) is 0 Å². The van der Waals surface area contributed by atoms with Gasteiger partial charge in [-0.1, -0.05) is 0 Å². The molecule has 1 heterocycles. The molecule has 19 heavy (non-hydrogen) atoms. The smallest absolute Gasteiger partial charge is 0.244 e. The number of hydrogen-bond acceptors (Lipinski definition) is 4. The predicted octanol–water partition coefficient (Wildman–Crippen LogP) is 2.30. The SMILES string of the molecule is CN(C1CCSC1)S(=O)(=O)c1cc(N)c(F)cc1Br. The van der Waals surface area contributed by atoms with Gasteiger partial charge in [0.15, 0.2) is 0 Å². The van der Waals surface area contributed by atoms with Crippen LogP contribution in [0, 0.1) is 5.82 Å². The Bertz CT molecular complexity index is 589. The fourth-order valence-corrected chi connectivity index (χ4v) is 5.66. The molecule has 2 N–H and O–H groups in total. The molecule has 4 nitrogen and oxygen atoms in total. The van der Waals surface area contributed by atoms with Crippen LogP contribution in [0.15, 0.2) is 21.5 Å². The number of benzene rings is 1. The molecule has 0 aromatic heterocycles. The van der Waals surface area contributed by atoms with E-state index in [2.05, 4.69) is 15.9 Å². The maximum absolute atomic E-state index is 13.3. The molecule has 8 heteroatoms. The second-order valence-electron chi connectivity index (χ2n) is 4.34. The highest BCUT2D eigenvalue weighted by Crippen LogP contribution is 2.31. The van der Waals surface area contributed by atoms with Crippen molar-refractivity contribution in [3.05, 3.63) is 22.4 Å². The summed E-state index contributed by atoms with van der Waals surface area (Å²) >= 11 is 4.82. The second-order valence-corrected chi connectivity index (χ2v) is 8.31. The van der Waals surface area contributed by atoms with Gasteiger partial charge in [0.2, 0.25) is 10.0 Å². The number of nitrogen functional groups attached to an aromatic ring is 1. The monoisotopic (exact) mass is 368 g/mol. The Morgan fingerprint density at radius 3 is 2.79 bits per heavy atom. The molecule has 1 aromatic carbocycles. The largest absolute Gasteiger partial charge is 0.396 e. The molecule has 0 spiro atoms. The van der Waals surface area contributed by atoms with Gasteiger partial charge in [0.25, 0.3) is 0 Å². The summed E-state index contributed by atoms with van der Waals surface area (Å²) in [6.07, 6.45) is 0.828. The molecule has 0 radical (unpaired) electrons. The topological polar surface area (TPSA) is 63.4 Å². The van der Waals surface area contributed by atoms with Crippen LogP contribution >= 0.6 is 27.7 Å². The van der Waals surface area contributed by atoms with Gasteiger partial charge in [0.1, 0.15) is 5.82 Å². The maximum Gasteiger partial charge on any atom is 0.244 e. The van der Waals surface area contributed by atoms with Crippen LogP contribution in [0.4, 0.5) is 10.1 Å². The van der Waals surface area contributed by atoms with Crippen LogP contribution < -0.4 is 5.73 Å². The first-order chi connectivity index (χ1) is 8.84. The lowest BCUT2D eigenvalue weighted by Gasteiger charge is -2.23. The Labute approximate surface area is 124 Å². The Morgan fingerprint density at radius 1 is 1.53 bits per heavy atom. The van der Waals surface area contributed by atoms with Gasteiger partial charge in [-0.15, -0.1) is 0 Å². The summed E-state index contributed by atoms with van der Waals surface area (Å²) in [4.78, 5) is 0.00537. The third kappa shape index (κ3) is 2.91. The summed E-state index contributed by atoms with van der Waals surface area (Å²) in [7, 11) is -2.11. The average molecular weight is 369 g/mol. The predicted molar refractivity (Wildman–Crippen MR) is 79.2 cm³/mol. The number of thioether (sulfide) groups is 1. The van der Waals surface area contributed by atoms with Gasteiger partial charge in [-0.2, -0.15) is 16.1 Å². The van der Waals surface area contributed by atoms with Crippen molar-refractivity contribution in [1.29, 1.82) is 0 Å². The Balaban J connectivity index is 2.41. The van der Waals surface area contributed by atoms with Crippen LogP contribution in [-0.2, 0) is 10.0 Å². The van der Waals surface area contributed by atoms with Crippen molar-refractivity contribution in [2.24, 2.45) is 0 Å². The molecule has 1 saturated heterocycles. The zero-order valence-electron chi connectivity index (χ0n) is 10.3. The van der Waals surface area contributed by atoms with Gasteiger partial charge in [0.05, 0.1) is 10.6 Å². The van der Waals surface area contributed by atoms with Crippen molar-refractivity contribution in [2.75, 3.05) is 24.3 Å². The maximum atomic E-state index is 13.3. The Hall–Kier alpha value is -0.310. The molecule has 2 rings (SSSR count). The number of hydrogen-bond donors (Lipinski definition) is 1. The van der Waals surface area contributed by atoms with E-state index in [1.54, 1.807) is 18.8 Å². The number of nitrogens with two attached hydrogens (primary N) is 1. The molecule has 1 atom stereocenters. The average Bonchev–Trinajstić information content (AvgIpc) is 2.86. The molecule has 1 aliphatic rings. The van der Waals surface area contributed by atoms with Gasteiger partial charge in [0, 0.05) is 23.3 Å². The Kier molecular flexibility index (Phi) is 4.44. The summed E-state index contributed by atoms with van der Waals surface area (Å²) in [6, 6.07) is 2.22. The molecule has 0 bridgehead atoms. The zero-order valence-corrected chi connectivity index (χ0v) is 13.5. The van der Waals surface area contributed by atoms with Crippen LogP contribution in [-0.4, -0.2) is 37.3 Å². The second kappa shape index (κ2) is 5.59. The highest BCUT2D eigenvalue weighted by atomic mass is 79.9. The van der Waals surface area contributed by atoms with Crippen molar-refractivity contribution in [3.63, 3.8) is 0 Å². The zero-order chi connectivity index (χ0) is 14.2. The van der Waals surface area contributed by atoms with Crippen molar-refractivity contribution < 1.29 is 12.8 Å². The van der Waals surface area contributed by atoms with Crippen LogP contribution in [0.3, 0.4) is 0 Å². The van der Waals surface area contributed by atoms with Crippen LogP contribution in [0.2, 0.25) is 0 Å².